The molecule has 0 spiro atoms. The van der Waals surface area contributed by atoms with Crippen molar-refractivity contribution in [3.05, 3.63) is 16.1 Å². The van der Waals surface area contributed by atoms with E-state index in [1.807, 2.05) is 0 Å². The summed E-state index contributed by atoms with van der Waals surface area (Å²) in [5.74, 6) is 1.37. The molecule has 0 N–H and O–H groups in total. The molecule has 1 rings (SSSR count). The molecule has 0 aliphatic rings. The number of hydrogen-bond donors (Lipinski definition) is 0. The lowest BCUT2D eigenvalue weighted by Crippen LogP contribution is -1.94. The van der Waals surface area contributed by atoms with Crippen LogP contribution >= 0.6 is 22.9 Å². The Morgan fingerprint density at radius 1 is 1.58 bits per heavy atom. The van der Waals surface area contributed by atoms with Crippen LogP contribution in [-0.4, -0.2) is 10.9 Å². The summed E-state index contributed by atoms with van der Waals surface area (Å²) in [7, 11) is 0. The van der Waals surface area contributed by atoms with Gasteiger partial charge in [-0.15, -0.1) is 22.9 Å². The summed E-state index contributed by atoms with van der Waals surface area (Å²) in [5.41, 5.74) is 1.14. The van der Waals surface area contributed by atoms with Gasteiger partial charge in [-0.05, 0) is 5.92 Å². The fourth-order valence-electron chi connectivity index (χ4n) is 1.00. The van der Waals surface area contributed by atoms with E-state index in [4.69, 9.17) is 11.6 Å². The molecule has 0 aromatic carbocycles. The summed E-state index contributed by atoms with van der Waals surface area (Å²) < 4.78 is 0. The number of halogens is 1. The minimum atomic E-state index is 0.671. The molecule has 0 radical (unpaired) electrons. The van der Waals surface area contributed by atoms with Gasteiger partial charge in [0, 0.05) is 24.1 Å². The average molecular weight is 204 g/mol. The van der Waals surface area contributed by atoms with Gasteiger partial charge in [0.1, 0.15) is 0 Å². The summed E-state index contributed by atoms with van der Waals surface area (Å²) in [6.07, 6.45) is 1.99. The first-order valence-corrected chi connectivity index (χ1v) is 5.63. The molecular weight excluding hydrogens is 190 g/mol. The van der Waals surface area contributed by atoms with E-state index in [-0.39, 0.29) is 0 Å². The predicted molar refractivity (Wildman–Crippen MR) is 55.1 cm³/mol. The molecule has 68 valence electrons. The predicted octanol–water partition coefficient (Wildman–Crippen LogP) is 3.12. The quantitative estimate of drug-likeness (QED) is 0.686. The van der Waals surface area contributed by atoms with Gasteiger partial charge in [0.25, 0.3) is 0 Å². The van der Waals surface area contributed by atoms with E-state index in [1.54, 1.807) is 11.3 Å². The molecule has 1 aromatic heterocycles. The molecule has 0 amide bonds. The van der Waals surface area contributed by atoms with Gasteiger partial charge >= 0.3 is 0 Å². The van der Waals surface area contributed by atoms with Crippen molar-refractivity contribution in [3.8, 4) is 0 Å². The van der Waals surface area contributed by atoms with Gasteiger partial charge < -0.3 is 0 Å². The van der Waals surface area contributed by atoms with Gasteiger partial charge in [-0.1, -0.05) is 13.8 Å². The Labute approximate surface area is 82.8 Å². The van der Waals surface area contributed by atoms with Crippen molar-refractivity contribution in [2.75, 3.05) is 5.88 Å². The second-order valence-electron chi connectivity index (χ2n) is 3.27. The zero-order valence-corrected chi connectivity index (χ0v) is 9.08. The average Bonchev–Trinajstić information content (AvgIpc) is 2.36. The molecule has 1 heterocycles. The van der Waals surface area contributed by atoms with E-state index >= 15 is 0 Å². The van der Waals surface area contributed by atoms with E-state index in [2.05, 4.69) is 24.2 Å². The number of aromatic nitrogens is 1. The highest BCUT2D eigenvalue weighted by molar-refractivity contribution is 7.09. The first kappa shape index (κ1) is 10.0. The third-order valence-corrected chi connectivity index (χ3v) is 2.64. The summed E-state index contributed by atoms with van der Waals surface area (Å²) >= 11 is 7.36. The maximum absolute atomic E-state index is 5.62. The summed E-state index contributed by atoms with van der Waals surface area (Å²) in [5, 5.41) is 3.35. The van der Waals surface area contributed by atoms with Crippen molar-refractivity contribution in [3.63, 3.8) is 0 Å². The summed E-state index contributed by atoms with van der Waals surface area (Å²) in [4.78, 5) is 4.47. The van der Waals surface area contributed by atoms with Crippen molar-refractivity contribution in [2.24, 2.45) is 5.92 Å². The molecule has 1 aromatic rings. The lowest BCUT2D eigenvalue weighted by Gasteiger charge is -1.98. The lowest BCUT2D eigenvalue weighted by molar-refractivity contribution is 0.643. The Morgan fingerprint density at radius 2 is 2.33 bits per heavy atom. The molecule has 0 atom stereocenters. The molecule has 0 saturated heterocycles. The molecule has 0 saturated carbocycles. The van der Waals surface area contributed by atoms with Crippen LogP contribution in [0.15, 0.2) is 5.38 Å². The Kier molecular flexibility index (Phi) is 4.02. The standard InChI is InChI=1S/C9H14ClNS/c1-7(2)5-9-11-8(3-4-10)6-12-9/h6-7H,3-5H2,1-2H3. The molecule has 0 bridgehead atoms. The zero-order valence-electron chi connectivity index (χ0n) is 7.51. The SMILES string of the molecule is CC(C)Cc1nc(CCCl)cs1. The summed E-state index contributed by atoms with van der Waals surface area (Å²) in [6, 6.07) is 0. The Morgan fingerprint density at radius 3 is 2.92 bits per heavy atom. The van der Waals surface area contributed by atoms with Crippen LogP contribution in [0.4, 0.5) is 0 Å². The fourth-order valence-corrected chi connectivity index (χ4v) is 2.24. The van der Waals surface area contributed by atoms with Crippen LogP contribution in [0.1, 0.15) is 24.5 Å². The maximum atomic E-state index is 5.62. The highest BCUT2D eigenvalue weighted by Crippen LogP contribution is 2.14. The highest BCUT2D eigenvalue weighted by Gasteiger charge is 2.03. The monoisotopic (exact) mass is 203 g/mol. The molecule has 0 fully saturated rings. The number of alkyl halides is 1. The Balaban J connectivity index is 2.52. The first-order valence-electron chi connectivity index (χ1n) is 4.21. The molecule has 12 heavy (non-hydrogen) atoms. The van der Waals surface area contributed by atoms with Gasteiger partial charge in [-0.3, -0.25) is 0 Å². The van der Waals surface area contributed by atoms with Crippen LogP contribution in [0, 0.1) is 5.92 Å². The smallest absolute Gasteiger partial charge is 0.0930 e. The number of aryl methyl sites for hydroxylation is 1. The van der Waals surface area contributed by atoms with Crippen LogP contribution in [0.25, 0.3) is 0 Å². The van der Waals surface area contributed by atoms with Crippen LogP contribution in [0.3, 0.4) is 0 Å². The summed E-state index contributed by atoms with van der Waals surface area (Å²) in [6.45, 7) is 4.42. The van der Waals surface area contributed by atoms with E-state index in [9.17, 15) is 0 Å². The molecule has 0 aliphatic heterocycles. The molecular formula is C9H14ClNS. The highest BCUT2D eigenvalue weighted by atomic mass is 35.5. The van der Waals surface area contributed by atoms with Crippen molar-refractivity contribution in [1.29, 1.82) is 0 Å². The van der Waals surface area contributed by atoms with Crippen molar-refractivity contribution >= 4 is 22.9 Å². The minimum Gasteiger partial charge on any atom is -0.246 e. The third-order valence-electron chi connectivity index (χ3n) is 1.53. The fraction of sp³-hybridized carbons (Fsp3) is 0.667. The van der Waals surface area contributed by atoms with Crippen molar-refractivity contribution < 1.29 is 0 Å². The Bertz CT molecular complexity index is 232. The molecule has 1 nitrogen and oxygen atoms in total. The normalized spacial score (nSPS) is 11.0. The number of rotatable bonds is 4. The van der Waals surface area contributed by atoms with Crippen LogP contribution < -0.4 is 0 Å². The van der Waals surface area contributed by atoms with Crippen molar-refractivity contribution in [2.45, 2.75) is 26.7 Å². The zero-order chi connectivity index (χ0) is 8.97. The van der Waals surface area contributed by atoms with Crippen LogP contribution in [0.5, 0.6) is 0 Å². The van der Waals surface area contributed by atoms with E-state index < -0.39 is 0 Å². The second kappa shape index (κ2) is 4.83. The molecule has 0 aliphatic carbocycles. The van der Waals surface area contributed by atoms with E-state index in [1.165, 1.54) is 5.01 Å². The number of thiazole rings is 1. The van der Waals surface area contributed by atoms with Gasteiger partial charge in [0.05, 0.1) is 10.7 Å². The lowest BCUT2D eigenvalue weighted by atomic mass is 10.1. The van der Waals surface area contributed by atoms with Gasteiger partial charge in [-0.25, -0.2) is 4.98 Å². The van der Waals surface area contributed by atoms with E-state index in [0.29, 0.717) is 11.8 Å². The first-order chi connectivity index (χ1) is 5.72. The van der Waals surface area contributed by atoms with E-state index in [0.717, 1.165) is 18.5 Å². The molecule has 0 unspecified atom stereocenters. The molecule has 3 heteroatoms. The van der Waals surface area contributed by atoms with Gasteiger partial charge in [0.15, 0.2) is 0 Å². The van der Waals surface area contributed by atoms with Gasteiger partial charge in [0.2, 0.25) is 0 Å². The number of hydrogen-bond acceptors (Lipinski definition) is 2. The minimum absolute atomic E-state index is 0.671. The van der Waals surface area contributed by atoms with Crippen LogP contribution in [-0.2, 0) is 12.8 Å². The second-order valence-corrected chi connectivity index (χ2v) is 4.59. The largest absolute Gasteiger partial charge is 0.246 e. The maximum Gasteiger partial charge on any atom is 0.0930 e. The Hall–Kier alpha value is -0.0800. The van der Waals surface area contributed by atoms with Crippen molar-refractivity contribution in [1.82, 2.24) is 4.98 Å². The van der Waals surface area contributed by atoms with Crippen LogP contribution in [0.2, 0.25) is 0 Å². The topological polar surface area (TPSA) is 12.9 Å². The van der Waals surface area contributed by atoms with Gasteiger partial charge in [-0.2, -0.15) is 0 Å². The number of nitrogens with zero attached hydrogens (tertiary/aromatic N) is 1. The third kappa shape index (κ3) is 3.11.